The molecule has 0 aliphatic heterocycles. The second-order valence-electron chi connectivity index (χ2n) is 4.28. The van der Waals surface area contributed by atoms with Crippen LogP contribution in [-0.2, 0) is 0 Å². The van der Waals surface area contributed by atoms with Crippen molar-refractivity contribution in [2.45, 2.75) is 19.4 Å². The van der Waals surface area contributed by atoms with Gasteiger partial charge in [0.05, 0.1) is 11.3 Å². The van der Waals surface area contributed by atoms with Crippen molar-refractivity contribution >= 4 is 41.1 Å². The monoisotopic (exact) mass is 316 g/mol. The molecule has 1 rings (SSSR count). The van der Waals surface area contributed by atoms with E-state index in [9.17, 15) is 9.59 Å². The molecule has 110 valence electrons. The third kappa shape index (κ3) is 5.30. The van der Waals surface area contributed by atoms with Gasteiger partial charge in [0.25, 0.3) is 0 Å². The van der Waals surface area contributed by atoms with Crippen molar-refractivity contribution in [2.75, 3.05) is 17.3 Å². The number of halogens is 1. The van der Waals surface area contributed by atoms with E-state index in [1.165, 1.54) is 18.2 Å². The zero-order valence-electron chi connectivity index (χ0n) is 11.3. The summed E-state index contributed by atoms with van der Waals surface area (Å²) >= 11 is 7.45. The average molecular weight is 317 g/mol. The minimum absolute atomic E-state index is 0.0167. The highest BCUT2D eigenvalue weighted by molar-refractivity contribution is 7.98. The Labute approximate surface area is 127 Å². The van der Waals surface area contributed by atoms with Crippen molar-refractivity contribution < 1.29 is 14.7 Å². The summed E-state index contributed by atoms with van der Waals surface area (Å²) in [6.07, 6.45) is 2.85. The lowest BCUT2D eigenvalue weighted by atomic mass is 10.2. The summed E-state index contributed by atoms with van der Waals surface area (Å²) < 4.78 is 0. The Morgan fingerprint density at radius 2 is 2.15 bits per heavy atom. The molecule has 7 heteroatoms. The average Bonchev–Trinajstić information content (AvgIpc) is 2.38. The van der Waals surface area contributed by atoms with Gasteiger partial charge in [-0.2, -0.15) is 11.8 Å². The van der Waals surface area contributed by atoms with Gasteiger partial charge in [0.1, 0.15) is 0 Å². The second kappa shape index (κ2) is 8.01. The number of carbonyl (C=O) groups is 2. The minimum Gasteiger partial charge on any atom is -0.478 e. The van der Waals surface area contributed by atoms with Crippen molar-refractivity contribution in [3.8, 4) is 0 Å². The fourth-order valence-corrected chi connectivity index (χ4v) is 2.31. The maximum Gasteiger partial charge on any atom is 0.337 e. The van der Waals surface area contributed by atoms with Gasteiger partial charge >= 0.3 is 12.0 Å². The van der Waals surface area contributed by atoms with E-state index in [1.54, 1.807) is 11.8 Å². The maximum absolute atomic E-state index is 11.8. The Morgan fingerprint density at radius 1 is 1.45 bits per heavy atom. The van der Waals surface area contributed by atoms with E-state index < -0.39 is 12.0 Å². The molecule has 0 radical (unpaired) electrons. The Balaban J connectivity index is 2.68. The molecule has 1 unspecified atom stereocenters. The molecule has 0 aliphatic carbocycles. The van der Waals surface area contributed by atoms with Crippen molar-refractivity contribution in [1.29, 1.82) is 0 Å². The van der Waals surface area contributed by atoms with Gasteiger partial charge in [0.15, 0.2) is 0 Å². The molecule has 5 nitrogen and oxygen atoms in total. The zero-order chi connectivity index (χ0) is 15.1. The van der Waals surface area contributed by atoms with Gasteiger partial charge in [-0.15, -0.1) is 0 Å². The third-order valence-corrected chi connectivity index (χ3v) is 3.47. The molecule has 1 aromatic rings. The van der Waals surface area contributed by atoms with Gasteiger partial charge in [-0.25, -0.2) is 9.59 Å². The van der Waals surface area contributed by atoms with Gasteiger partial charge < -0.3 is 15.7 Å². The number of nitrogens with one attached hydrogen (secondary N) is 2. The van der Waals surface area contributed by atoms with Crippen LogP contribution < -0.4 is 10.6 Å². The first-order valence-electron chi connectivity index (χ1n) is 6.03. The lowest BCUT2D eigenvalue weighted by molar-refractivity contribution is 0.0698. The van der Waals surface area contributed by atoms with Crippen molar-refractivity contribution in [1.82, 2.24) is 5.32 Å². The molecule has 0 saturated carbocycles. The molecular formula is C13H17ClN2O3S. The second-order valence-corrected chi connectivity index (χ2v) is 5.70. The van der Waals surface area contributed by atoms with Crippen LogP contribution >= 0.6 is 23.4 Å². The number of thioether (sulfide) groups is 1. The molecule has 0 aromatic heterocycles. The van der Waals surface area contributed by atoms with Crippen LogP contribution in [0.4, 0.5) is 10.5 Å². The summed E-state index contributed by atoms with van der Waals surface area (Å²) in [4.78, 5) is 22.9. The number of aromatic carboxylic acids is 1. The van der Waals surface area contributed by atoms with E-state index in [-0.39, 0.29) is 17.3 Å². The van der Waals surface area contributed by atoms with Gasteiger partial charge in [-0.1, -0.05) is 11.6 Å². The summed E-state index contributed by atoms with van der Waals surface area (Å²) in [5, 5.41) is 14.7. The van der Waals surface area contributed by atoms with Crippen LogP contribution in [0.1, 0.15) is 23.7 Å². The van der Waals surface area contributed by atoms with Gasteiger partial charge in [-0.3, -0.25) is 0 Å². The third-order valence-electron chi connectivity index (χ3n) is 2.59. The topological polar surface area (TPSA) is 78.4 Å². The van der Waals surface area contributed by atoms with E-state index in [1.807, 2.05) is 13.2 Å². The lowest BCUT2D eigenvalue weighted by Crippen LogP contribution is -2.36. The first-order chi connectivity index (χ1) is 9.43. The van der Waals surface area contributed by atoms with E-state index in [2.05, 4.69) is 10.6 Å². The molecule has 3 N–H and O–H groups in total. The number of hydrogen-bond donors (Lipinski definition) is 3. The highest BCUT2D eigenvalue weighted by atomic mass is 35.5. The number of hydrogen-bond acceptors (Lipinski definition) is 3. The van der Waals surface area contributed by atoms with Crippen molar-refractivity contribution in [2.24, 2.45) is 0 Å². The van der Waals surface area contributed by atoms with Crippen LogP contribution in [0.2, 0.25) is 5.02 Å². The van der Waals surface area contributed by atoms with E-state index in [0.717, 1.165) is 12.2 Å². The fourth-order valence-electron chi connectivity index (χ4n) is 1.55. The smallest absolute Gasteiger partial charge is 0.337 e. The van der Waals surface area contributed by atoms with Crippen LogP contribution in [0, 0.1) is 0 Å². The summed E-state index contributed by atoms with van der Waals surface area (Å²) in [6, 6.07) is 3.89. The number of carboxylic acids is 1. The molecule has 0 spiro atoms. The van der Waals surface area contributed by atoms with Gasteiger partial charge in [0.2, 0.25) is 0 Å². The predicted octanol–water partition coefficient (Wildman–Crippen LogP) is 3.30. The molecule has 20 heavy (non-hydrogen) atoms. The Bertz CT molecular complexity index is 497. The first kappa shape index (κ1) is 16.7. The number of anilines is 1. The largest absolute Gasteiger partial charge is 0.478 e. The Hall–Kier alpha value is -1.40. The minimum atomic E-state index is -1.14. The highest BCUT2D eigenvalue weighted by Gasteiger charge is 2.14. The molecule has 2 amide bonds. The number of amides is 2. The van der Waals surface area contributed by atoms with Crippen LogP contribution in [0.3, 0.4) is 0 Å². The Kier molecular flexibility index (Phi) is 6.67. The number of urea groups is 1. The first-order valence-corrected chi connectivity index (χ1v) is 7.80. The number of carboxylic acid groups (broad SMARTS) is 1. The summed E-state index contributed by atoms with van der Waals surface area (Å²) in [5.41, 5.74) is 0.181. The molecule has 0 heterocycles. The van der Waals surface area contributed by atoms with Crippen molar-refractivity contribution in [3.05, 3.63) is 28.8 Å². The quantitative estimate of drug-likeness (QED) is 0.752. The molecule has 1 atom stereocenters. The number of carbonyl (C=O) groups excluding carboxylic acids is 1. The molecule has 1 aromatic carbocycles. The summed E-state index contributed by atoms with van der Waals surface area (Å²) in [7, 11) is 0. The normalized spacial score (nSPS) is 11.8. The van der Waals surface area contributed by atoms with Crippen LogP contribution in [0.15, 0.2) is 18.2 Å². The molecule has 0 fully saturated rings. The number of rotatable bonds is 6. The molecule has 0 aliphatic rings. The predicted molar refractivity (Wildman–Crippen MR) is 83.0 cm³/mol. The molecular weight excluding hydrogens is 300 g/mol. The van der Waals surface area contributed by atoms with Gasteiger partial charge in [-0.05, 0) is 43.6 Å². The van der Waals surface area contributed by atoms with E-state index in [4.69, 9.17) is 16.7 Å². The Morgan fingerprint density at radius 3 is 2.75 bits per heavy atom. The van der Waals surface area contributed by atoms with Crippen LogP contribution in [-0.4, -0.2) is 35.2 Å². The van der Waals surface area contributed by atoms with E-state index in [0.29, 0.717) is 5.02 Å². The highest BCUT2D eigenvalue weighted by Crippen LogP contribution is 2.20. The van der Waals surface area contributed by atoms with Crippen LogP contribution in [0.25, 0.3) is 0 Å². The zero-order valence-corrected chi connectivity index (χ0v) is 12.8. The fraction of sp³-hybridized carbons (Fsp3) is 0.385. The van der Waals surface area contributed by atoms with Crippen LogP contribution in [0.5, 0.6) is 0 Å². The maximum atomic E-state index is 11.8. The molecule has 0 bridgehead atoms. The number of benzene rings is 1. The summed E-state index contributed by atoms with van der Waals surface area (Å²) in [5.74, 6) is -0.193. The molecule has 0 saturated heterocycles. The van der Waals surface area contributed by atoms with Crippen molar-refractivity contribution in [3.63, 3.8) is 0 Å². The standard InChI is InChI=1S/C13H17ClN2O3S/c1-8(5-6-20-2)15-13(19)16-11-4-3-9(14)7-10(11)12(17)18/h3-4,7-8H,5-6H2,1-2H3,(H,17,18)(H2,15,16,19). The van der Waals surface area contributed by atoms with E-state index >= 15 is 0 Å². The SMILES string of the molecule is CSCCC(C)NC(=O)Nc1ccc(Cl)cc1C(=O)O. The lowest BCUT2D eigenvalue weighted by Gasteiger charge is -2.15. The van der Waals surface area contributed by atoms with Gasteiger partial charge in [0, 0.05) is 11.1 Å². The summed E-state index contributed by atoms with van der Waals surface area (Å²) in [6.45, 7) is 1.90.